The average molecular weight is 565 g/mol. The van der Waals surface area contributed by atoms with Crippen molar-refractivity contribution < 1.29 is 56.0 Å². The van der Waals surface area contributed by atoms with E-state index in [0.717, 1.165) is 64.6 Å². The second-order valence-electron chi connectivity index (χ2n) is 9.15. The number of carbonyl (C=O) groups is 4. The fraction of sp³-hybridized carbons (Fsp3) is 0.857. The molecule has 0 rings (SSSR count). The van der Waals surface area contributed by atoms with E-state index in [-0.39, 0.29) is 11.6 Å². The first kappa shape index (κ1) is 40.4. The first-order chi connectivity index (χ1) is 17.6. The van der Waals surface area contributed by atoms with Gasteiger partial charge in [0.15, 0.2) is 0 Å². The minimum atomic E-state index is -1.23. The van der Waals surface area contributed by atoms with Crippen LogP contribution in [0.4, 0.5) is 0 Å². The van der Waals surface area contributed by atoms with Crippen molar-refractivity contribution >= 4 is 23.5 Å². The molecule has 0 aliphatic carbocycles. The molecule has 37 heavy (non-hydrogen) atoms. The number of carboxylic acids is 2. The molecule has 0 saturated carbocycles. The van der Waals surface area contributed by atoms with Crippen molar-refractivity contribution in [1.29, 1.82) is 0 Å². The van der Waals surface area contributed by atoms with Crippen LogP contribution in [-0.2, 0) is 45.7 Å². The molecule has 0 saturated heterocycles. The van der Waals surface area contributed by atoms with E-state index in [1.165, 1.54) is 39.5 Å². The fourth-order valence-electron chi connectivity index (χ4n) is 3.08. The van der Waals surface area contributed by atoms with E-state index in [2.05, 4.69) is 27.7 Å². The molecule has 0 aromatic heterocycles. The molecule has 0 aromatic carbocycles. The molecule has 0 radical (unpaired) electrons. The number of carboxylic acid groups (broad SMARTS) is 2. The van der Waals surface area contributed by atoms with Gasteiger partial charge in [-0.25, -0.2) is 0 Å². The van der Waals surface area contributed by atoms with Crippen LogP contribution in [0.2, 0.25) is 0 Å². The maximum atomic E-state index is 10.8. The standard InChI is InChI=1S/2C10H18O3.2C4H9O.Ti/c2*1-3-4-5-6-7-9(8(2)11)10(12)13;2*1-2-3-4-5;/h2*9H,3-7H2,1-2H3,(H,12,13);2*2-4H2,1H3;/q;;2*-1;+4/p-2. The first-order valence-corrected chi connectivity index (χ1v) is 15.3. The van der Waals surface area contributed by atoms with Crippen LogP contribution in [0.15, 0.2) is 0 Å². The number of carbonyl (C=O) groups excluding carboxylic acids is 4. The third-order valence-electron chi connectivity index (χ3n) is 5.56. The monoisotopic (exact) mass is 564 g/mol. The molecule has 0 aliphatic rings. The van der Waals surface area contributed by atoms with Gasteiger partial charge in [-0.2, -0.15) is 0 Å². The molecule has 0 aromatic rings. The van der Waals surface area contributed by atoms with Crippen molar-refractivity contribution in [1.82, 2.24) is 0 Å². The van der Waals surface area contributed by atoms with Crippen LogP contribution in [0.3, 0.4) is 0 Å². The summed E-state index contributed by atoms with van der Waals surface area (Å²) in [6.07, 6.45) is 13.6. The van der Waals surface area contributed by atoms with Gasteiger partial charge >= 0.3 is 79.3 Å². The number of ketones is 2. The van der Waals surface area contributed by atoms with Crippen LogP contribution in [0.25, 0.3) is 0 Å². The number of Topliss-reactive ketones (excluding diaryl/α,β-unsaturated/α-hetero) is 2. The summed E-state index contributed by atoms with van der Waals surface area (Å²) in [6.45, 7) is 12.9. The Labute approximate surface area is 235 Å². The topological polar surface area (TPSA) is 133 Å². The van der Waals surface area contributed by atoms with E-state index in [0.29, 0.717) is 12.8 Å². The van der Waals surface area contributed by atoms with Crippen LogP contribution in [-0.4, -0.2) is 36.7 Å². The van der Waals surface area contributed by atoms with E-state index >= 15 is 0 Å². The van der Waals surface area contributed by atoms with Gasteiger partial charge in [0.1, 0.15) is 11.6 Å². The molecule has 216 valence electrons. The Hall–Kier alpha value is -1.09. The summed E-state index contributed by atoms with van der Waals surface area (Å²) < 4.78 is 10.6. The van der Waals surface area contributed by atoms with Gasteiger partial charge in [0.05, 0.1) is 23.8 Å². The fourth-order valence-corrected chi connectivity index (χ4v) is 3.92. The number of hydrogen-bond donors (Lipinski definition) is 0. The number of hydrogen-bond acceptors (Lipinski definition) is 8. The Morgan fingerprint density at radius 1 is 0.568 bits per heavy atom. The van der Waals surface area contributed by atoms with Gasteiger partial charge in [-0.1, -0.05) is 65.2 Å². The van der Waals surface area contributed by atoms with Crippen molar-refractivity contribution in [2.24, 2.45) is 11.8 Å². The van der Waals surface area contributed by atoms with E-state index in [1.807, 2.05) is 0 Å². The SMILES string of the molecule is CCCCCCC(C(C)=O)C(=O)[O-].CCCCCCC(C(C)=O)C(=O)[O-].CCCC[O][Ti+2][O]CCCC. The van der Waals surface area contributed by atoms with Gasteiger partial charge in [0.2, 0.25) is 0 Å². The van der Waals surface area contributed by atoms with Gasteiger partial charge in [-0.15, -0.1) is 0 Å². The van der Waals surface area contributed by atoms with Crippen molar-refractivity contribution in [3.8, 4) is 0 Å². The van der Waals surface area contributed by atoms with E-state index in [4.69, 9.17) is 6.64 Å². The van der Waals surface area contributed by atoms with Crippen LogP contribution >= 0.6 is 0 Å². The van der Waals surface area contributed by atoms with Gasteiger partial charge in [-0.3, -0.25) is 9.59 Å². The van der Waals surface area contributed by atoms with E-state index in [9.17, 15) is 29.4 Å². The molecule has 0 N–H and O–H groups in total. The summed E-state index contributed by atoms with van der Waals surface area (Å²) in [5.74, 6) is -4.84. The van der Waals surface area contributed by atoms with Crippen LogP contribution < -0.4 is 10.2 Å². The zero-order chi connectivity index (χ0) is 28.9. The molecule has 0 fully saturated rings. The predicted octanol–water partition coefficient (Wildman–Crippen LogP) is 4.36. The molecular weight excluding hydrogens is 512 g/mol. The molecule has 8 nitrogen and oxygen atoms in total. The van der Waals surface area contributed by atoms with Crippen molar-refractivity contribution in [2.45, 2.75) is 131 Å². The quantitative estimate of drug-likeness (QED) is 0.108. The number of aliphatic carboxylic acids is 2. The van der Waals surface area contributed by atoms with E-state index in [1.54, 1.807) is 0 Å². The molecule has 0 heterocycles. The summed E-state index contributed by atoms with van der Waals surface area (Å²) in [6, 6.07) is 0. The second-order valence-corrected chi connectivity index (χ2v) is 10.3. The summed E-state index contributed by atoms with van der Waals surface area (Å²) in [7, 11) is 0. The Bertz CT molecular complexity index is 492. The Balaban J connectivity index is -0.000000471. The second kappa shape index (κ2) is 31.1. The molecule has 9 heteroatoms. The third-order valence-corrected chi connectivity index (χ3v) is 6.57. The Kier molecular flexibility index (Phi) is 34.0. The zero-order valence-electron chi connectivity index (χ0n) is 24.2. The summed E-state index contributed by atoms with van der Waals surface area (Å²) >= 11 is -0.519. The molecule has 0 aliphatic heterocycles. The van der Waals surface area contributed by atoms with Crippen LogP contribution in [0, 0.1) is 11.8 Å². The average Bonchev–Trinajstić information content (AvgIpc) is 2.83. The molecular formula is C28H52O8Ti. The van der Waals surface area contributed by atoms with Crippen LogP contribution in [0.1, 0.15) is 131 Å². The summed E-state index contributed by atoms with van der Waals surface area (Å²) in [4.78, 5) is 42.6. The zero-order valence-corrected chi connectivity index (χ0v) is 25.8. The molecule has 0 spiro atoms. The van der Waals surface area contributed by atoms with Gasteiger partial charge in [0, 0.05) is 0 Å². The van der Waals surface area contributed by atoms with Crippen molar-refractivity contribution in [2.75, 3.05) is 13.2 Å². The van der Waals surface area contributed by atoms with Gasteiger partial charge in [-0.05, 0) is 26.7 Å². The minimum absolute atomic E-state index is 0.295. The van der Waals surface area contributed by atoms with Crippen molar-refractivity contribution in [3.63, 3.8) is 0 Å². The Morgan fingerprint density at radius 2 is 0.892 bits per heavy atom. The first-order valence-electron chi connectivity index (χ1n) is 14.0. The predicted molar refractivity (Wildman–Crippen MR) is 138 cm³/mol. The van der Waals surface area contributed by atoms with Gasteiger partial charge < -0.3 is 19.8 Å². The number of unbranched alkanes of at least 4 members (excludes halogenated alkanes) is 8. The molecule has 2 atom stereocenters. The summed E-state index contributed by atoms with van der Waals surface area (Å²) in [5.41, 5.74) is 0. The van der Waals surface area contributed by atoms with Gasteiger partial charge in [0.25, 0.3) is 0 Å². The number of rotatable bonds is 22. The van der Waals surface area contributed by atoms with Crippen LogP contribution in [0.5, 0.6) is 0 Å². The maximum absolute atomic E-state index is 10.8. The third kappa shape index (κ3) is 31.0. The summed E-state index contributed by atoms with van der Waals surface area (Å²) in [5, 5.41) is 20.9. The molecule has 2 unspecified atom stereocenters. The normalized spacial score (nSPS) is 11.6. The molecule has 0 amide bonds. The Morgan fingerprint density at radius 3 is 1.14 bits per heavy atom. The van der Waals surface area contributed by atoms with Crippen molar-refractivity contribution in [3.05, 3.63) is 0 Å². The van der Waals surface area contributed by atoms with E-state index < -0.39 is 43.7 Å². The molecule has 0 bridgehead atoms.